The minimum Gasteiger partial charge on any atom is -0.496 e. The van der Waals surface area contributed by atoms with E-state index < -0.39 is 5.67 Å². The zero-order valence-electron chi connectivity index (χ0n) is 17.6. The summed E-state index contributed by atoms with van der Waals surface area (Å²) in [6.07, 6.45) is 5.98. The quantitative estimate of drug-likeness (QED) is 0.567. The topological polar surface area (TPSA) is 78.1 Å². The Morgan fingerprint density at radius 3 is 2.87 bits per heavy atom. The number of hydrogen-bond donors (Lipinski definition) is 3. The van der Waals surface area contributed by atoms with Gasteiger partial charge in [-0.2, -0.15) is 5.10 Å². The van der Waals surface area contributed by atoms with Crippen molar-refractivity contribution >= 4 is 16.7 Å². The zero-order valence-corrected chi connectivity index (χ0v) is 17.6. The Morgan fingerprint density at radius 1 is 1.26 bits per heavy atom. The van der Waals surface area contributed by atoms with Crippen LogP contribution >= 0.6 is 0 Å². The number of halogens is 1. The monoisotopic (exact) mass is 422 g/mol. The van der Waals surface area contributed by atoms with Crippen LogP contribution in [0.1, 0.15) is 35.6 Å². The van der Waals surface area contributed by atoms with Crippen LogP contribution in [0, 0.1) is 0 Å². The van der Waals surface area contributed by atoms with Crippen molar-refractivity contribution < 1.29 is 9.13 Å². The third-order valence-electron chi connectivity index (χ3n) is 6.90. The molecule has 0 spiro atoms. The number of hydrogen-bond acceptors (Lipinski definition) is 6. The number of aromatic nitrogens is 3. The van der Waals surface area contributed by atoms with E-state index in [-0.39, 0.29) is 6.04 Å². The van der Waals surface area contributed by atoms with E-state index in [9.17, 15) is 4.39 Å². The van der Waals surface area contributed by atoms with Gasteiger partial charge in [-0.1, -0.05) is 6.07 Å². The molecule has 1 aromatic carbocycles. The summed E-state index contributed by atoms with van der Waals surface area (Å²) in [5.41, 5.74) is 3.42. The maximum Gasteiger partial charge on any atom is 0.129 e. The van der Waals surface area contributed by atoms with Crippen LogP contribution in [0.3, 0.4) is 0 Å². The zero-order chi connectivity index (χ0) is 21.0. The van der Waals surface area contributed by atoms with Gasteiger partial charge >= 0.3 is 0 Å². The van der Waals surface area contributed by atoms with Gasteiger partial charge in [-0.05, 0) is 36.5 Å². The highest BCUT2D eigenvalue weighted by Gasteiger charge is 2.47. The van der Waals surface area contributed by atoms with E-state index in [4.69, 9.17) is 9.72 Å². The van der Waals surface area contributed by atoms with Crippen LogP contribution in [0.25, 0.3) is 10.9 Å². The molecule has 0 radical (unpaired) electrons. The Kier molecular flexibility index (Phi) is 4.40. The van der Waals surface area contributed by atoms with Gasteiger partial charge in [0.15, 0.2) is 0 Å². The number of aromatic amines is 1. The largest absolute Gasteiger partial charge is 0.496 e. The second-order valence-electron chi connectivity index (χ2n) is 9.05. The predicted molar refractivity (Wildman–Crippen MR) is 117 cm³/mol. The minimum atomic E-state index is -1.06. The van der Waals surface area contributed by atoms with Gasteiger partial charge in [0.1, 0.15) is 17.2 Å². The summed E-state index contributed by atoms with van der Waals surface area (Å²) >= 11 is 0. The van der Waals surface area contributed by atoms with Crippen LogP contribution < -0.4 is 15.4 Å². The lowest BCUT2D eigenvalue weighted by Gasteiger charge is -2.39. The van der Waals surface area contributed by atoms with E-state index >= 15 is 0 Å². The molecule has 8 heteroatoms. The number of nitrogens with zero attached hydrogens (tertiary/aromatic N) is 3. The average Bonchev–Trinajstić information content (AvgIpc) is 3.27. The number of H-pyrrole nitrogens is 1. The normalized spacial score (nSPS) is 22.7. The van der Waals surface area contributed by atoms with Crippen molar-refractivity contribution in [3.05, 3.63) is 47.3 Å². The van der Waals surface area contributed by atoms with Gasteiger partial charge in [0.25, 0.3) is 0 Å². The van der Waals surface area contributed by atoms with Crippen molar-refractivity contribution in [2.24, 2.45) is 0 Å². The van der Waals surface area contributed by atoms with Gasteiger partial charge in [-0.3, -0.25) is 10.00 Å². The molecule has 1 unspecified atom stereocenters. The number of rotatable bonds is 6. The van der Waals surface area contributed by atoms with E-state index in [1.54, 1.807) is 7.11 Å². The summed E-state index contributed by atoms with van der Waals surface area (Å²) in [4.78, 5) is 6.97. The smallest absolute Gasteiger partial charge is 0.129 e. The molecule has 1 aliphatic carbocycles. The molecule has 3 aromatic rings. The summed E-state index contributed by atoms with van der Waals surface area (Å²) in [5.74, 6) is 1.59. The SMILES string of the molecule is COc1cc(NC2CNC2)ncc1C1c2ccc3[nH]ncc3c2CCN1CC1(F)CC1. The lowest BCUT2D eigenvalue weighted by molar-refractivity contribution is 0.139. The molecule has 162 valence electrons. The van der Waals surface area contributed by atoms with E-state index in [0.717, 1.165) is 54.1 Å². The van der Waals surface area contributed by atoms with Crippen LogP contribution in [-0.2, 0) is 6.42 Å². The van der Waals surface area contributed by atoms with Gasteiger partial charge in [0.05, 0.1) is 30.9 Å². The van der Waals surface area contributed by atoms with Crippen molar-refractivity contribution in [1.29, 1.82) is 0 Å². The first-order valence-corrected chi connectivity index (χ1v) is 11.0. The number of fused-ring (bicyclic) bond motifs is 3. The third kappa shape index (κ3) is 3.34. The Morgan fingerprint density at radius 2 is 2.13 bits per heavy atom. The number of pyridine rings is 1. The van der Waals surface area contributed by atoms with Crippen LogP contribution in [0.15, 0.2) is 30.6 Å². The first-order chi connectivity index (χ1) is 15.1. The molecular weight excluding hydrogens is 395 g/mol. The van der Waals surface area contributed by atoms with E-state index in [2.05, 4.69) is 37.9 Å². The number of alkyl halides is 1. The fourth-order valence-corrected chi connectivity index (χ4v) is 4.91. The molecule has 2 aromatic heterocycles. The van der Waals surface area contributed by atoms with Crippen molar-refractivity contribution in [1.82, 2.24) is 25.4 Å². The maximum absolute atomic E-state index is 14.9. The molecule has 1 saturated heterocycles. The molecule has 3 aliphatic rings. The number of anilines is 1. The lowest BCUT2D eigenvalue weighted by atomic mass is 9.86. The summed E-state index contributed by atoms with van der Waals surface area (Å²) in [7, 11) is 1.69. The first-order valence-electron chi connectivity index (χ1n) is 11.0. The van der Waals surface area contributed by atoms with Crippen LogP contribution in [0.2, 0.25) is 0 Å². The standard InChI is InChI=1S/C23H27FN6O/c1-31-20-8-21(28-14-9-25-10-14)26-11-18(20)22-16-2-3-19-17(12-27-29-19)15(16)4-7-30(22)13-23(24)5-6-23/h2-3,8,11-12,14,22,25H,4-7,9-10,13H2,1H3,(H,26,28)(H,27,29). The fourth-order valence-electron chi connectivity index (χ4n) is 4.91. The second kappa shape index (κ2) is 7.17. The first kappa shape index (κ1) is 19.0. The Balaban J connectivity index is 1.43. The number of ether oxygens (including phenoxy) is 1. The third-order valence-corrected chi connectivity index (χ3v) is 6.90. The molecule has 6 rings (SSSR count). The fraction of sp³-hybridized carbons (Fsp3) is 0.478. The summed E-state index contributed by atoms with van der Waals surface area (Å²) in [6.45, 7) is 3.12. The average molecular weight is 423 g/mol. The van der Waals surface area contributed by atoms with Gasteiger partial charge < -0.3 is 15.4 Å². The maximum atomic E-state index is 14.9. The van der Waals surface area contributed by atoms with Crippen molar-refractivity contribution in [3.63, 3.8) is 0 Å². The molecule has 31 heavy (non-hydrogen) atoms. The molecular formula is C23H27FN6O. The molecule has 2 aliphatic heterocycles. The van der Waals surface area contributed by atoms with Gasteiger partial charge in [0.2, 0.25) is 0 Å². The molecule has 1 atom stereocenters. The highest BCUT2D eigenvalue weighted by Crippen LogP contribution is 2.46. The Bertz CT molecular complexity index is 1120. The van der Waals surface area contributed by atoms with Crippen LogP contribution in [0.5, 0.6) is 5.75 Å². The van der Waals surface area contributed by atoms with Gasteiger partial charge in [-0.15, -0.1) is 0 Å². The molecule has 3 N–H and O–H groups in total. The second-order valence-corrected chi connectivity index (χ2v) is 9.05. The van der Waals surface area contributed by atoms with Gasteiger partial charge in [0, 0.05) is 49.4 Å². The summed E-state index contributed by atoms with van der Waals surface area (Å²) in [5, 5.41) is 15.1. The van der Waals surface area contributed by atoms with Crippen LogP contribution in [-0.4, -0.2) is 65.1 Å². The number of methoxy groups -OCH3 is 1. The van der Waals surface area contributed by atoms with Crippen molar-refractivity contribution in [3.8, 4) is 5.75 Å². The number of benzene rings is 1. The molecule has 7 nitrogen and oxygen atoms in total. The summed E-state index contributed by atoms with van der Waals surface area (Å²) in [6, 6.07) is 6.48. The minimum absolute atomic E-state index is 0.0989. The highest BCUT2D eigenvalue weighted by atomic mass is 19.1. The Labute approximate surface area is 180 Å². The lowest BCUT2D eigenvalue weighted by Crippen LogP contribution is -2.51. The molecule has 2 fully saturated rings. The highest BCUT2D eigenvalue weighted by molar-refractivity contribution is 5.83. The van der Waals surface area contributed by atoms with Crippen LogP contribution in [0.4, 0.5) is 10.2 Å². The number of nitrogens with one attached hydrogen (secondary N) is 3. The Hall–Kier alpha value is -2.71. The predicted octanol–water partition coefficient (Wildman–Crippen LogP) is 2.80. The summed E-state index contributed by atoms with van der Waals surface area (Å²) < 4.78 is 20.7. The molecule has 0 amide bonds. The van der Waals surface area contributed by atoms with E-state index in [1.807, 2.05) is 18.5 Å². The van der Waals surface area contributed by atoms with E-state index in [1.165, 1.54) is 11.1 Å². The molecule has 1 saturated carbocycles. The van der Waals surface area contributed by atoms with E-state index in [0.29, 0.717) is 25.4 Å². The molecule has 4 heterocycles. The molecule has 0 bridgehead atoms. The van der Waals surface area contributed by atoms with Gasteiger partial charge in [-0.25, -0.2) is 9.37 Å². The van der Waals surface area contributed by atoms with Crippen molar-refractivity contribution in [2.75, 3.05) is 38.6 Å². The van der Waals surface area contributed by atoms with Crippen molar-refractivity contribution in [2.45, 2.75) is 37.0 Å².